The van der Waals surface area contributed by atoms with E-state index in [4.69, 9.17) is 9.15 Å². The van der Waals surface area contributed by atoms with Crippen molar-refractivity contribution in [1.82, 2.24) is 0 Å². The number of fused-ring (bicyclic) bond motifs is 1. The van der Waals surface area contributed by atoms with Gasteiger partial charge in [-0.1, -0.05) is 29.8 Å². The van der Waals surface area contributed by atoms with Gasteiger partial charge in [0.2, 0.25) is 0 Å². The summed E-state index contributed by atoms with van der Waals surface area (Å²) in [7, 11) is 0. The third kappa shape index (κ3) is 3.11. The van der Waals surface area contributed by atoms with Gasteiger partial charge in [0.05, 0.1) is 12.7 Å². The van der Waals surface area contributed by atoms with E-state index in [0.29, 0.717) is 5.58 Å². The summed E-state index contributed by atoms with van der Waals surface area (Å²) in [6, 6.07) is 12.7. The Morgan fingerprint density at radius 2 is 2.09 bits per heavy atom. The molecule has 0 aliphatic carbocycles. The molecule has 112 valence electrons. The van der Waals surface area contributed by atoms with Gasteiger partial charge in [-0.2, -0.15) is 0 Å². The lowest BCUT2D eigenvalue weighted by Crippen LogP contribution is -2.07. The summed E-state index contributed by atoms with van der Waals surface area (Å²) < 4.78 is 10.6. The summed E-state index contributed by atoms with van der Waals surface area (Å²) in [6.45, 7) is 2.26. The van der Waals surface area contributed by atoms with Crippen LogP contribution >= 0.6 is 0 Å². The van der Waals surface area contributed by atoms with Crippen molar-refractivity contribution in [2.24, 2.45) is 0 Å². The molecule has 3 aromatic rings. The van der Waals surface area contributed by atoms with Gasteiger partial charge in [-0.05, 0) is 24.6 Å². The van der Waals surface area contributed by atoms with Gasteiger partial charge in [-0.15, -0.1) is 0 Å². The lowest BCUT2D eigenvalue weighted by atomic mass is 10.1. The van der Waals surface area contributed by atoms with E-state index in [0.717, 1.165) is 22.1 Å². The number of phenols is 1. The van der Waals surface area contributed by atoms with E-state index in [1.165, 1.54) is 12.3 Å². The molecule has 1 heterocycles. The first-order chi connectivity index (χ1) is 10.6. The Balaban J connectivity index is 1.66. The molecule has 0 amide bonds. The zero-order valence-corrected chi connectivity index (χ0v) is 12.2. The van der Waals surface area contributed by atoms with Crippen LogP contribution in [0.25, 0.3) is 11.0 Å². The van der Waals surface area contributed by atoms with Crippen molar-refractivity contribution >= 4 is 16.9 Å². The van der Waals surface area contributed by atoms with E-state index >= 15 is 0 Å². The van der Waals surface area contributed by atoms with Crippen LogP contribution in [0.4, 0.5) is 0 Å². The van der Waals surface area contributed by atoms with Crippen LogP contribution in [0.3, 0.4) is 0 Å². The Bertz CT molecular complexity index is 817. The molecule has 1 aromatic heterocycles. The molecular weight excluding hydrogens is 280 g/mol. The molecule has 4 heteroatoms. The summed E-state index contributed by atoms with van der Waals surface area (Å²) in [6.07, 6.45) is 1.67. The zero-order valence-electron chi connectivity index (χ0n) is 12.2. The van der Waals surface area contributed by atoms with E-state index in [2.05, 4.69) is 0 Å². The smallest absolute Gasteiger partial charge is 0.310 e. The summed E-state index contributed by atoms with van der Waals surface area (Å²) in [4.78, 5) is 12.0. The standard InChI is InChI=1S/C18H16O4/c1-12-3-2-4-13(7-12)10-22-18(20)8-14-11-21-17-9-15(19)5-6-16(14)17/h2-7,9,11,19H,8,10H2,1H3. The minimum atomic E-state index is -0.308. The normalized spacial score (nSPS) is 10.8. The lowest BCUT2D eigenvalue weighted by molar-refractivity contribution is -0.144. The lowest BCUT2D eigenvalue weighted by Gasteiger charge is -2.05. The monoisotopic (exact) mass is 296 g/mol. The first-order valence-corrected chi connectivity index (χ1v) is 7.02. The molecule has 0 bridgehead atoms. The first kappa shape index (κ1) is 14.2. The summed E-state index contributed by atoms with van der Waals surface area (Å²) in [5.41, 5.74) is 3.41. The van der Waals surface area contributed by atoms with E-state index < -0.39 is 0 Å². The van der Waals surface area contributed by atoms with Crippen molar-refractivity contribution in [3.63, 3.8) is 0 Å². The number of rotatable bonds is 4. The first-order valence-electron chi connectivity index (χ1n) is 7.02. The van der Waals surface area contributed by atoms with E-state index in [-0.39, 0.29) is 24.7 Å². The Morgan fingerprint density at radius 3 is 2.91 bits per heavy atom. The maximum atomic E-state index is 12.0. The molecule has 0 saturated heterocycles. The molecule has 0 unspecified atom stereocenters. The molecule has 22 heavy (non-hydrogen) atoms. The largest absolute Gasteiger partial charge is 0.508 e. The van der Waals surface area contributed by atoms with Crippen LogP contribution in [0.5, 0.6) is 5.75 Å². The van der Waals surface area contributed by atoms with Crippen molar-refractivity contribution in [2.45, 2.75) is 20.0 Å². The Hall–Kier alpha value is -2.75. The van der Waals surface area contributed by atoms with Crippen molar-refractivity contribution in [2.75, 3.05) is 0 Å². The SMILES string of the molecule is Cc1cccc(COC(=O)Cc2coc3cc(O)ccc23)c1. The second-order valence-electron chi connectivity index (χ2n) is 5.27. The fraction of sp³-hybridized carbons (Fsp3) is 0.167. The number of aryl methyl sites for hydroxylation is 1. The summed E-state index contributed by atoms with van der Waals surface area (Å²) >= 11 is 0. The number of phenolic OH excluding ortho intramolecular Hbond substituents is 1. The third-order valence-electron chi connectivity index (χ3n) is 3.46. The minimum Gasteiger partial charge on any atom is -0.508 e. The van der Waals surface area contributed by atoms with Gasteiger partial charge in [0.1, 0.15) is 17.9 Å². The molecule has 2 aromatic carbocycles. The number of benzene rings is 2. The van der Waals surface area contributed by atoms with E-state index in [9.17, 15) is 9.90 Å². The molecule has 0 saturated carbocycles. The second kappa shape index (κ2) is 5.93. The number of ether oxygens (including phenoxy) is 1. The van der Waals surface area contributed by atoms with Crippen LogP contribution in [0.2, 0.25) is 0 Å². The quantitative estimate of drug-likeness (QED) is 0.745. The van der Waals surface area contributed by atoms with Crippen LogP contribution in [0.1, 0.15) is 16.7 Å². The highest BCUT2D eigenvalue weighted by atomic mass is 16.5. The van der Waals surface area contributed by atoms with Crippen molar-refractivity contribution in [1.29, 1.82) is 0 Å². The molecule has 0 aliphatic rings. The zero-order chi connectivity index (χ0) is 15.5. The number of hydrogen-bond acceptors (Lipinski definition) is 4. The third-order valence-corrected chi connectivity index (χ3v) is 3.46. The predicted octanol–water partition coefficient (Wildman–Crippen LogP) is 3.73. The van der Waals surface area contributed by atoms with Gasteiger partial charge in [0.15, 0.2) is 0 Å². The maximum Gasteiger partial charge on any atom is 0.310 e. The molecule has 0 fully saturated rings. The van der Waals surface area contributed by atoms with Crippen molar-refractivity contribution in [3.05, 3.63) is 65.4 Å². The number of esters is 1. The van der Waals surface area contributed by atoms with Gasteiger partial charge >= 0.3 is 5.97 Å². The Morgan fingerprint density at radius 1 is 1.23 bits per heavy atom. The fourth-order valence-corrected chi connectivity index (χ4v) is 2.38. The molecule has 4 nitrogen and oxygen atoms in total. The Labute approximate surface area is 127 Å². The van der Waals surface area contributed by atoms with Crippen molar-refractivity contribution in [3.8, 4) is 5.75 Å². The van der Waals surface area contributed by atoms with E-state index in [1.54, 1.807) is 12.1 Å². The number of aromatic hydroxyl groups is 1. The number of furan rings is 1. The van der Waals surface area contributed by atoms with Crippen LogP contribution in [-0.4, -0.2) is 11.1 Å². The molecule has 1 N–H and O–H groups in total. The molecular formula is C18H16O4. The number of carbonyl (C=O) groups is 1. The Kier molecular flexibility index (Phi) is 3.83. The highest BCUT2D eigenvalue weighted by molar-refractivity contribution is 5.86. The molecule has 0 spiro atoms. The molecule has 0 aliphatic heterocycles. The highest BCUT2D eigenvalue weighted by Gasteiger charge is 2.12. The minimum absolute atomic E-state index is 0.135. The highest BCUT2D eigenvalue weighted by Crippen LogP contribution is 2.25. The van der Waals surface area contributed by atoms with Gasteiger partial charge in [0, 0.05) is 17.0 Å². The molecule has 3 rings (SSSR count). The predicted molar refractivity (Wildman–Crippen MR) is 82.6 cm³/mol. The van der Waals surface area contributed by atoms with E-state index in [1.807, 2.05) is 31.2 Å². The van der Waals surface area contributed by atoms with Gasteiger partial charge in [0.25, 0.3) is 0 Å². The van der Waals surface area contributed by atoms with Crippen LogP contribution in [0.15, 0.2) is 53.1 Å². The van der Waals surface area contributed by atoms with Crippen LogP contribution in [0, 0.1) is 6.92 Å². The average Bonchev–Trinajstić information content (AvgIpc) is 2.87. The topological polar surface area (TPSA) is 59.7 Å². The van der Waals surface area contributed by atoms with Gasteiger partial charge < -0.3 is 14.3 Å². The van der Waals surface area contributed by atoms with Crippen LogP contribution < -0.4 is 0 Å². The number of carbonyl (C=O) groups excluding carboxylic acids is 1. The maximum absolute atomic E-state index is 12.0. The average molecular weight is 296 g/mol. The second-order valence-corrected chi connectivity index (χ2v) is 5.27. The molecule has 0 atom stereocenters. The molecule has 0 radical (unpaired) electrons. The summed E-state index contributed by atoms with van der Waals surface area (Å²) in [5.74, 6) is -0.173. The van der Waals surface area contributed by atoms with Gasteiger partial charge in [-0.25, -0.2) is 0 Å². The van der Waals surface area contributed by atoms with Crippen LogP contribution in [-0.2, 0) is 22.6 Å². The number of hydrogen-bond donors (Lipinski definition) is 1. The summed E-state index contributed by atoms with van der Waals surface area (Å²) in [5, 5.41) is 10.2. The van der Waals surface area contributed by atoms with Gasteiger partial charge in [-0.3, -0.25) is 4.79 Å². The fourth-order valence-electron chi connectivity index (χ4n) is 2.38. The van der Waals surface area contributed by atoms with Crippen molar-refractivity contribution < 1.29 is 19.1 Å².